The molecule has 0 heterocycles. The quantitative estimate of drug-likeness (QED) is 0.642. The monoisotopic (exact) mass is 167 g/mol. The third kappa shape index (κ3) is 8.11. The van der Waals surface area contributed by atoms with Gasteiger partial charge in [0.15, 0.2) is 0 Å². The minimum absolute atomic E-state index is 0.0228. The fourth-order valence-corrected chi connectivity index (χ4v) is 0.972. The first-order chi connectivity index (χ1) is 4.27. The van der Waals surface area contributed by atoms with Gasteiger partial charge in [-0.1, -0.05) is 11.0 Å². The molecule has 0 bridgehead atoms. The lowest BCUT2D eigenvalue weighted by Gasteiger charge is -1.97. The van der Waals surface area contributed by atoms with Crippen LogP contribution in [-0.4, -0.2) is 18.2 Å². The molecule has 1 N–H and O–H groups in total. The molecule has 0 rings (SSSR count). The van der Waals surface area contributed by atoms with Crippen LogP contribution in [0.2, 0.25) is 0 Å². The minimum Gasteiger partial charge on any atom is -0.356 e. The van der Waals surface area contributed by atoms with Crippen LogP contribution in [0.15, 0.2) is 0 Å². The van der Waals surface area contributed by atoms with Gasteiger partial charge in [0.1, 0.15) is 0 Å². The molecular formula is C5H10ClNOS. The molecule has 54 valence electrons. The van der Waals surface area contributed by atoms with E-state index in [9.17, 15) is 4.79 Å². The Hall–Kier alpha value is 0.110. The Kier molecular flexibility index (Phi) is 6.31. The first kappa shape index (κ1) is 9.11. The molecule has 0 fully saturated rings. The summed E-state index contributed by atoms with van der Waals surface area (Å²) in [6.07, 6.45) is 0.938. The first-order valence-corrected chi connectivity index (χ1v) is 4.56. The fraction of sp³-hybridized carbons (Fsp3) is 0.800. The summed E-state index contributed by atoms with van der Waals surface area (Å²) in [6, 6.07) is 0. The summed E-state index contributed by atoms with van der Waals surface area (Å²) in [7, 11) is 6.60. The second kappa shape index (κ2) is 6.23. The highest BCUT2D eigenvalue weighted by Gasteiger charge is 1.88. The number of rotatable bonds is 4. The summed E-state index contributed by atoms with van der Waals surface area (Å²) in [6.45, 7) is 2.24. The lowest BCUT2D eigenvalue weighted by Crippen LogP contribution is -2.21. The number of hydrogen-bond acceptors (Lipinski definition) is 2. The zero-order valence-corrected chi connectivity index (χ0v) is 6.89. The summed E-state index contributed by atoms with van der Waals surface area (Å²) in [5.74, 6) is 0.913. The van der Waals surface area contributed by atoms with Crippen LogP contribution in [0, 0.1) is 0 Å². The Bertz CT molecular complexity index is 89.0. The lowest BCUT2D eigenvalue weighted by atomic mass is 10.5. The van der Waals surface area contributed by atoms with Crippen molar-refractivity contribution in [3.8, 4) is 0 Å². The highest BCUT2D eigenvalue weighted by Crippen LogP contribution is 2.05. The van der Waals surface area contributed by atoms with E-state index in [4.69, 9.17) is 10.7 Å². The molecule has 0 saturated heterocycles. The first-order valence-electron chi connectivity index (χ1n) is 2.75. The smallest absolute Gasteiger partial charge is 0.216 e. The van der Waals surface area contributed by atoms with Gasteiger partial charge in [-0.2, -0.15) is 0 Å². The third-order valence-corrected chi connectivity index (χ3v) is 1.68. The second-order valence-electron chi connectivity index (χ2n) is 1.65. The lowest BCUT2D eigenvalue weighted by molar-refractivity contribution is -0.118. The fourth-order valence-electron chi connectivity index (χ4n) is 0.391. The maximum atomic E-state index is 10.3. The molecule has 2 nitrogen and oxygen atoms in total. The number of carbonyl (C=O) groups excluding carboxylic acids is 1. The summed E-state index contributed by atoms with van der Waals surface area (Å²) < 4.78 is 0. The zero-order chi connectivity index (χ0) is 7.11. The van der Waals surface area contributed by atoms with Crippen molar-refractivity contribution in [1.82, 2.24) is 5.32 Å². The number of halogens is 1. The minimum atomic E-state index is 0.0228. The molecule has 0 aromatic heterocycles. The molecule has 0 aromatic rings. The summed E-state index contributed by atoms with van der Waals surface area (Å²) in [5, 5.41) is 2.67. The molecule has 0 aromatic carbocycles. The topological polar surface area (TPSA) is 29.1 Å². The van der Waals surface area contributed by atoms with E-state index < -0.39 is 0 Å². The average molecular weight is 168 g/mol. The van der Waals surface area contributed by atoms with Gasteiger partial charge in [-0.05, 0) is 17.1 Å². The highest BCUT2D eigenvalue weighted by atomic mass is 35.7. The second-order valence-corrected chi connectivity index (χ2v) is 2.93. The van der Waals surface area contributed by atoms with E-state index in [0.717, 1.165) is 18.7 Å². The van der Waals surface area contributed by atoms with Crippen molar-refractivity contribution < 1.29 is 4.79 Å². The summed E-state index contributed by atoms with van der Waals surface area (Å²) >= 11 is 0. The largest absolute Gasteiger partial charge is 0.356 e. The molecule has 0 atom stereocenters. The maximum absolute atomic E-state index is 10.3. The van der Waals surface area contributed by atoms with Crippen molar-refractivity contribution in [2.24, 2.45) is 0 Å². The van der Waals surface area contributed by atoms with Crippen molar-refractivity contribution >= 4 is 27.6 Å². The maximum Gasteiger partial charge on any atom is 0.216 e. The molecule has 0 aliphatic rings. The van der Waals surface area contributed by atoms with Crippen LogP contribution >= 0.6 is 21.7 Å². The third-order valence-electron chi connectivity index (χ3n) is 0.772. The molecule has 9 heavy (non-hydrogen) atoms. The van der Waals surface area contributed by atoms with Gasteiger partial charge in [-0.15, -0.1) is 0 Å². The Morgan fingerprint density at radius 1 is 1.78 bits per heavy atom. The standard InChI is InChI=1S/C5H10ClNOS/c1-5(8)7-3-2-4-9-6/h2-4H2,1H3,(H,7,8). The Balaban J connectivity index is 2.83. The summed E-state index contributed by atoms with van der Waals surface area (Å²) in [4.78, 5) is 10.3. The molecular weight excluding hydrogens is 158 g/mol. The molecule has 4 heteroatoms. The van der Waals surface area contributed by atoms with Gasteiger partial charge in [-0.3, -0.25) is 4.79 Å². The van der Waals surface area contributed by atoms with E-state index >= 15 is 0 Å². The number of carbonyl (C=O) groups is 1. The van der Waals surface area contributed by atoms with E-state index in [1.165, 1.54) is 17.9 Å². The van der Waals surface area contributed by atoms with Gasteiger partial charge in [-0.25, -0.2) is 0 Å². The number of hydrogen-bond donors (Lipinski definition) is 1. The molecule has 0 spiro atoms. The predicted molar refractivity (Wildman–Crippen MR) is 41.6 cm³/mol. The zero-order valence-electron chi connectivity index (χ0n) is 5.32. The van der Waals surface area contributed by atoms with Crippen LogP contribution in [0.4, 0.5) is 0 Å². The molecule has 0 saturated carbocycles. The highest BCUT2D eigenvalue weighted by molar-refractivity contribution is 8.21. The van der Waals surface area contributed by atoms with Gasteiger partial charge in [0.25, 0.3) is 0 Å². The SMILES string of the molecule is CC(=O)NCCCSCl. The van der Waals surface area contributed by atoms with Crippen molar-refractivity contribution in [2.75, 3.05) is 12.3 Å². The molecule has 1 amide bonds. The number of amides is 1. The Morgan fingerprint density at radius 2 is 2.44 bits per heavy atom. The van der Waals surface area contributed by atoms with Gasteiger partial charge in [0.2, 0.25) is 5.91 Å². The van der Waals surface area contributed by atoms with E-state index in [1.807, 2.05) is 0 Å². The average Bonchev–Trinajstić information content (AvgIpc) is 1.80. The number of nitrogens with one attached hydrogen (secondary N) is 1. The van der Waals surface area contributed by atoms with Crippen LogP contribution in [0.25, 0.3) is 0 Å². The predicted octanol–water partition coefficient (Wildman–Crippen LogP) is 1.40. The normalized spacial score (nSPS) is 9.11. The van der Waals surface area contributed by atoms with Gasteiger partial charge in [0.05, 0.1) is 0 Å². The van der Waals surface area contributed by atoms with Crippen LogP contribution in [-0.2, 0) is 4.79 Å². The van der Waals surface area contributed by atoms with E-state index in [1.54, 1.807) is 0 Å². The van der Waals surface area contributed by atoms with Crippen LogP contribution in [0.1, 0.15) is 13.3 Å². The van der Waals surface area contributed by atoms with Crippen LogP contribution in [0.5, 0.6) is 0 Å². The molecule has 0 aliphatic carbocycles. The van der Waals surface area contributed by atoms with Gasteiger partial charge >= 0.3 is 0 Å². The van der Waals surface area contributed by atoms with Crippen LogP contribution in [0.3, 0.4) is 0 Å². The van der Waals surface area contributed by atoms with Crippen LogP contribution < -0.4 is 5.32 Å². The van der Waals surface area contributed by atoms with Crippen molar-refractivity contribution in [3.63, 3.8) is 0 Å². The van der Waals surface area contributed by atoms with E-state index in [2.05, 4.69) is 5.32 Å². The van der Waals surface area contributed by atoms with Crippen molar-refractivity contribution in [2.45, 2.75) is 13.3 Å². The molecule has 0 aliphatic heterocycles. The van der Waals surface area contributed by atoms with E-state index in [-0.39, 0.29) is 5.91 Å². The Labute approximate surface area is 63.8 Å². The molecule has 0 unspecified atom stereocenters. The summed E-state index contributed by atoms with van der Waals surface area (Å²) in [5.41, 5.74) is 0. The van der Waals surface area contributed by atoms with Crippen molar-refractivity contribution in [1.29, 1.82) is 0 Å². The Morgan fingerprint density at radius 3 is 2.89 bits per heavy atom. The van der Waals surface area contributed by atoms with Crippen molar-refractivity contribution in [3.05, 3.63) is 0 Å². The molecule has 0 radical (unpaired) electrons. The van der Waals surface area contributed by atoms with Gasteiger partial charge in [0, 0.05) is 19.2 Å². The van der Waals surface area contributed by atoms with E-state index in [0.29, 0.717) is 0 Å². The van der Waals surface area contributed by atoms with Gasteiger partial charge < -0.3 is 5.32 Å².